The Morgan fingerprint density at radius 1 is 0.600 bits per heavy atom. The first-order chi connectivity index (χ1) is 16.5. The molecule has 0 spiro atoms. The maximum atomic E-state index is 12.0. The molecule has 0 aliphatic rings. The van der Waals surface area contributed by atoms with Crippen molar-refractivity contribution in [3.63, 3.8) is 0 Å². The van der Waals surface area contributed by atoms with Crippen LogP contribution in [0.3, 0.4) is 0 Å². The molecule has 192 valence electrons. The van der Waals surface area contributed by atoms with E-state index >= 15 is 0 Å². The van der Waals surface area contributed by atoms with Gasteiger partial charge >= 0.3 is 51.4 Å². The standard InChI is InChI=1S/C30H48O3S.K/c1-3-5-7-9-11-13-15-17-19-26-21-22-27-24-28(20-18-16-14-12-10-8-6-4-2)30(34(31,32)33)25-29(27)23-26;/h21-25H,3-20H2,1-2H3,(H,31,32,33);/q;+1/p-1. The van der Waals surface area contributed by atoms with Crippen molar-refractivity contribution >= 4 is 20.9 Å². The molecule has 0 fully saturated rings. The van der Waals surface area contributed by atoms with E-state index in [1.54, 1.807) is 6.07 Å². The largest absolute Gasteiger partial charge is 1.00 e. The molecular weight excluding hydrogens is 479 g/mol. The Bertz CT molecular complexity index is 940. The maximum Gasteiger partial charge on any atom is 1.00 e. The Morgan fingerprint density at radius 3 is 1.60 bits per heavy atom. The second-order valence-electron chi connectivity index (χ2n) is 10.0. The SMILES string of the molecule is CCCCCCCCCCc1ccc2cc(CCCCCCCCCC)c(S(=O)(=O)[O-])cc2c1.[K+]. The van der Waals surface area contributed by atoms with Crippen molar-refractivity contribution in [1.29, 1.82) is 0 Å². The number of fused-ring (bicyclic) bond motifs is 1. The summed E-state index contributed by atoms with van der Waals surface area (Å²) in [4.78, 5) is -0.0211. The predicted molar refractivity (Wildman–Crippen MR) is 145 cm³/mol. The summed E-state index contributed by atoms with van der Waals surface area (Å²) >= 11 is 0. The molecule has 0 radical (unpaired) electrons. The van der Waals surface area contributed by atoms with Gasteiger partial charge in [0, 0.05) is 0 Å². The quantitative estimate of drug-likeness (QED) is 0.126. The average molecular weight is 527 g/mol. The van der Waals surface area contributed by atoms with Crippen LogP contribution < -0.4 is 51.4 Å². The van der Waals surface area contributed by atoms with Crippen LogP contribution in [-0.2, 0) is 23.0 Å². The Kier molecular flexibility index (Phi) is 18.4. The molecule has 0 saturated heterocycles. The van der Waals surface area contributed by atoms with Gasteiger partial charge in [0.05, 0.1) is 4.90 Å². The zero-order valence-electron chi connectivity index (χ0n) is 22.7. The van der Waals surface area contributed by atoms with Gasteiger partial charge in [-0.3, -0.25) is 0 Å². The minimum Gasteiger partial charge on any atom is -0.744 e. The molecule has 5 heteroatoms. The monoisotopic (exact) mass is 526 g/mol. The summed E-state index contributed by atoms with van der Waals surface area (Å²) in [5.41, 5.74) is 1.91. The summed E-state index contributed by atoms with van der Waals surface area (Å²) in [5.74, 6) is 0. The van der Waals surface area contributed by atoms with Gasteiger partial charge < -0.3 is 4.55 Å². The van der Waals surface area contributed by atoms with Crippen LogP contribution >= 0.6 is 0 Å². The molecule has 35 heavy (non-hydrogen) atoms. The number of hydrogen-bond acceptors (Lipinski definition) is 3. The maximum absolute atomic E-state index is 12.0. The van der Waals surface area contributed by atoms with E-state index in [0.29, 0.717) is 12.0 Å². The molecule has 2 aromatic carbocycles. The predicted octanol–water partition coefficient (Wildman–Crippen LogP) is 6.11. The first-order valence-corrected chi connectivity index (χ1v) is 15.4. The summed E-state index contributed by atoms with van der Waals surface area (Å²) in [6, 6.07) is 9.88. The van der Waals surface area contributed by atoms with Crippen molar-refractivity contribution in [2.24, 2.45) is 0 Å². The number of unbranched alkanes of at least 4 members (excludes halogenated alkanes) is 14. The van der Waals surface area contributed by atoms with Crippen molar-refractivity contribution < 1.29 is 64.4 Å². The fraction of sp³-hybridized carbons (Fsp3) is 0.667. The molecule has 3 nitrogen and oxygen atoms in total. The molecule has 0 amide bonds. The van der Waals surface area contributed by atoms with Gasteiger partial charge in [-0.05, 0) is 59.7 Å². The molecule has 0 atom stereocenters. The van der Waals surface area contributed by atoms with Gasteiger partial charge in [-0.2, -0.15) is 0 Å². The van der Waals surface area contributed by atoms with Crippen LogP contribution in [0.15, 0.2) is 35.2 Å². The number of hydrogen-bond donors (Lipinski definition) is 0. The second-order valence-corrected chi connectivity index (χ2v) is 11.4. The van der Waals surface area contributed by atoms with Crippen molar-refractivity contribution in [3.05, 3.63) is 41.5 Å². The van der Waals surface area contributed by atoms with Crippen molar-refractivity contribution in [2.75, 3.05) is 0 Å². The second kappa shape index (κ2) is 19.3. The van der Waals surface area contributed by atoms with E-state index in [0.717, 1.165) is 36.5 Å². The van der Waals surface area contributed by atoms with E-state index in [2.05, 4.69) is 32.0 Å². The zero-order valence-corrected chi connectivity index (χ0v) is 26.7. The van der Waals surface area contributed by atoms with E-state index in [-0.39, 0.29) is 56.3 Å². The van der Waals surface area contributed by atoms with Crippen LogP contribution in [0.1, 0.15) is 128 Å². The van der Waals surface area contributed by atoms with Crippen LogP contribution in [0.25, 0.3) is 10.8 Å². The Labute approximate surface area is 258 Å². The molecule has 0 bridgehead atoms. The fourth-order valence-corrected chi connectivity index (χ4v) is 5.62. The Morgan fingerprint density at radius 2 is 1.09 bits per heavy atom. The summed E-state index contributed by atoms with van der Waals surface area (Å²) in [6.45, 7) is 4.47. The van der Waals surface area contributed by atoms with Gasteiger partial charge in [-0.1, -0.05) is 122 Å². The van der Waals surface area contributed by atoms with Crippen LogP contribution in [-0.4, -0.2) is 13.0 Å². The number of benzene rings is 2. The number of aryl methyl sites for hydroxylation is 2. The molecule has 0 heterocycles. The molecule has 0 saturated carbocycles. The third kappa shape index (κ3) is 13.6. The van der Waals surface area contributed by atoms with Crippen molar-refractivity contribution in [3.8, 4) is 0 Å². The van der Waals surface area contributed by atoms with Gasteiger partial charge in [-0.25, -0.2) is 8.42 Å². The first-order valence-electron chi connectivity index (χ1n) is 14.0. The minimum atomic E-state index is -4.48. The fourth-order valence-electron chi connectivity index (χ4n) is 4.87. The topological polar surface area (TPSA) is 57.2 Å². The Balaban J connectivity index is 0.00000612. The van der Waals surface area contributed by atoms with E-state index in [1.807, 2.05) is 6.07 Å². The Hall–Kier alpha value is 0.246. The molecule has 0 aliphatic heterocycles. The summed E-state index contributed by atoms with van der Waals surface area (Å²) in [7, 11) is -4.48. The van der Waals surface area contributed by atoms with Crippen molar-refractivity contribution in [2.45, 2.75) is 134 Å². The molecule has 2 rings (SSSR count). The minimum absolute atomic E-state index is 0. The van der Waals surface area contributed by atoms with Gasteiger partial charge in [0.25, 0.3) is 0 Å². The number of rotatable bonds is 19. The van der Waals surface area contributed by atoms with Gasteiger partial charge in [0.2, 0.25) is 0 Å². The third-order valence-corrected chi connectivity index (χ3v) is 7.89. The summed E-state index contributed by atoms with van der Waals surface area (Å²) < 4.78 is 36.0. The van der Waals surface area contributed by atoms with Crippen LogP contribution in [0.5, 0.6) is 0 Å². The third-order valence-electron chi connectivity index (χ3n) is 6.97. The summed E-state index contributed by atoms with van der Waals surface area (Å²) in [5, 5.41) is 1.90. The molecular formula is C30H47KO3S. The zero-order chi connectivity index (χ0) is 24.7. The molecule has 0 aromatic heterocycles. The van der Waals surface area contributed by atoms with Crippen LogP contribution in [0.4, 0.5) is 0 Å². The normalized spacial score (nSPS) is 11.6. The van der Waals surface area contributed by atoms with Crippen molar-refractivity contribution in [1.82, 2.24) is 0 Å². The smallest absolute Gasteiger partial charge is 0.744 e. The van der Waals surface area contributed by atoms with E-state index in [9.17, 15) is 13.0 Å². The van der Waals surface area contributed by atoms with Crippen LogP contribution in [0.2, 0.25) is 0 Å². The molecule has 2 aromatic rings. The summed E-state index contributed by atoms with van der Waals surface area (Å²) in [6.07, 6.45) is 21.6. The molecule has 0 unspecified atom stereocenters. The van der Waals surface area contributed by atoms with Gasteiger partial charge in [-0.15, -0.1) is 0 Å². The average Bonchev–Trinajstić information content (AvgIpc) is 2.81. The van der Waals surface area contributed by atoms with E-state index in [1.165, 1.54) is 89.0 Å². The van der Waals surface area contributed by atoms with Gasteiger partial charge in [0.1, 0.15) is 10.1 Å². The van der Waals surface area contributed by atoms with E-state index < -0.39 is 10.1 Å². The van der Waals surface area contributed by atoms with Crippen LogP contribution in [0, 0.1) is 0 Å². The molecule has 0 aliphatic carbocycles. The first kappa shape index (κ1) is 33.3. The van der Waals surface area contributed by atoms with Gasteiger partial charge in [0.15, 0.2) is 0 Å². The van der Waals surface area contributed by atoms with E-state index in [4.69, 9.17) is 0 Å². The molecule has 0 N–H and O–H groups in total.